The molecule has 0 saturated carbocycles. The summed E-state index contributed by atoms with van der Waals surface area (Å²) in [4.78, 5) is 12.3. The first-order valence-electron chi connectivity index (χ1n) is 10.1. The Bertz CT molecular complexity index is 1130. The fourth-order valence-corrected chi connectivity index (χ4v) is 3.93. The highest BCUT2D eigenvalue weighted by Crippen LogP contribution is 2.25. The molecule has 3 aromatic rings. The number of anilines is 2. The van der Waals surface area contributed by atoms with Gasteiger partial charge in [-0.3, -0.25) is 9.10 Å². The van der Waals surface area contributed by atoms with E-state index in [0.29, 0.717) is 29.5 Å². The van der Waals surface area contributed by atoms with Crippen molar-refractivity contribution in [2.45, 2.75) is 13.5 Å². The second-order valence-corrected chi connectivity index (χ2v) is 8.92. The van der Waals surface area contributed by atoms with Crippen LogP contribution in [0.5, 0.6) is 11.5 Å². The number of sulfonamides is 1. The lowest BCUT2D eigenvalue weighted by Crippen LogP contribution is -2.29. The van der Waals surface area contributed by atoms with E-state index in [9.17, 15) is 13.2 Å². The lowest BCUT2D eigenvalue weighted by molar-refractivity contribution is -0.118. The van der Waals surface area contributed by atoms with Crippen LogP contribution >= 0.6 is 0 Å². The van der Waals surface area contributed by atoms with Crippen LogP contribution in [0, 0.1) is 0 Å². The second-order valence-electron chi connectivity index (χ2n) is 7.02. The predicted octanol–water partition coefficient (Wildman–Crippen LogP) is 4.07. The standard InChI is InChI=1S/C24H26N2O5S/c1-3-30-23-12-8-7-11-22(23)25-24(27)18-31-21-15-13-20(14-16-21)26(32(2,28)29)17-19-9-5-4-6-10-19/h4-16H,3,17-18H2,1-2H3,(H,25,27). The third-order valence-electron chi connectivity index (χ3n) is 4.52. The number of ether oxygens (including phenoxy) is 2. The van der Waals surface area contributed by atoms with Crippen LogP contribution < -0.4 is 19.1 Å². The molecule has 1 amide bonds. The third kappa shape index (κ3) is 6.49. The average Bonchev–Trinajstić information content (AvgIpc) is 2.78. The normalized spacial score (nSPS) is 10.9. The van der Waals surface area contributed by atoms with Crippen LogP contribution in [0.3, 0.4) is 0 Å². The molecule has 0 fully saturated rings. The lowest BCUT2D eigenvalue weighted by atomic mass is 10.2. The van der Waals surface area contributed by atoms with Gasteiger partial charge in [-0.15, -0.1) is 0 Å². The molecule has 3 aromatic carbocycles. The van der Waals surface area contributed by atoms with E-state index in [-0.39, 0.29) is 19.1 Å². The first-order chi connectivity index (χ1) is 15.4. The zero-order valence-electron chi connectivity index (χ0n) is 18.0. The van der Waals surface area contributed by atoms with Gasteiger partial charge in [-0.25, -0.2) is 8.42 Å². The Morgan fingerprint density at radius 2 is 1.56 bits per heavy atom. The van der Waals surface area contributed by atoms with Gasteiger partial charge in [0, 0.05) is 0 Å². The first kappa shape index (κ1) is 23.1. The van der Waals surface area contributed by atoms with E-state index in [2.05, 4.69) is 5.32 Å². The van der Waals surface area contributed by atoms with Gasteiger partial charge >= 0.3 is 0 Å². The summed E-state index contributed by atoms with van der Waals surface area (Å²) >= 11 is 0. The number of benzene rings is 3. The van der Waals surface area contributed by atoms with E-state index in [1.807, 2.05) is 43.3 Å². The highest BCUT2D eigenvalue weighted by atomic mass is 32.2. The van der Waals surface area contributed by atoms with E-state index in [1.165, 1.54) is 10.6 Å². The summed E-state index contributed by atoms with van der Waals surface area (Å²) in [6, 6.07) is 23.1. The molecule has 8 heteroatoms. The van der Waals surface area contributed by atoms with Crippen molar-refractivity contribution < 1.29 is 22.7 Å². The van der Waals surface area contributed by atoms with Crippen LogP contribution in [0.1, 0.15) is 12.5 Å². The van der Waals surface area contributed by atoms with Gasteiger partial charge in [0.1, 0.15) is 11.5 Å². The van der Waals surface area contributed by atoms with Gasteiger partial charge in [-0.2, -0.15) is 0 Å². The molecule has 1 N–H and O–H groups in total. The molecule has 32 heavy (non-hydrogen) atoms. The average molecular weight is 455 g/mol. The molecule has 0 aliphatic carbocycles. The van der Waals surface area contributed by atoms with Gasteiger partial charge < -0.3 is 14.8 Å². The van der Waals surface area contributed by atoms with E-state index in [4.69, 9.17) is 9.47 Å². The van der Waals surface area contributed by atoms with Crippen LogP contribution in [0.2, 0.25) is 0 Å². The summed E-state index contributed by atoms with van der Waals surface area (Å²) < 4.78 is 37.0. The Morgan fingerprint density at radius 3 is 2.22 bits per heavy atom. The van der Waals surface area contributed by atoms with Gasteiger partial charge in [-0.05, 0) is 48.9 Å². The molecular formula is C24H26N2O5S. The molecule has 0 aliphatic rings. The number of nitrogens with one attached hydrogen (secondary N) is 1. The smallest absolute Gasteiger partial charge is 0.262 e. The summed E-state index contributed by atoms with van der Waals surface area (Å²) in [5, 5.41) is 2.77. The molecule has 0 aliphatic heterocycles. The number of carbonyl (C=O) groups excluding carboxylic acids is 1. The molecule has 7 nitrogen and oxygen atoms in total. The maximum atomic E-state index is 12.3. The maximum Gasteiger partial charge on any atom is 0.262 e. The number of hydrogen-bond acceptors (Lipinski definition) is 5. The summed E-state index contributed by atoms with van der Waals surface area (Å²) in [6.45, 7) is 2.39. The Balaban J connectivity index is 1.63. The van der Waals surface area contributed by atoms with Crippen LogP contribution in [0.25, 0.3) is 0 Å². The number of carbonyl (C=O) groups is 1. The van der Waals surface area contributed by atoms with Gasteiger partial charge in [0.05, 0.1) is 30.8 Å². The highest BCUT2D eigenvalue weighted by molar-refractivity contribution is 7.92. The number of rotatable bonds is 10. The van der Waals surface area contributed by atoms with Crippen molar-refractivity contribution in [3.05, 3.63) is 84.4 Å². The van der Waals surface area contributed by atoms with Crippen molar-refractivity contribution in [2.75, 3.05) is 29.1 Å². The quantitative estimate of drug-likeness (QED) is 0.499. The van der Waals surface area contributed by atoms with Crippen molar-refractivity contribution in [2.24, 2.45) is 0 Å². The zero-order valence-corrected chi connectivity index (χ0v) is 18.8. The maximum absolute atomic E-state index is 12.3. The summed E-state index contributed by atoms with van der Waals surface area (Å²) in [5.41, 5.74) is 1.96. The minimum Gasteiger partial charge on any atom is -0.492 e. The predicted molar refractivity (Wildman–Crippen MR) is 126 cm³/mol. The van der Waals surface area contributed by atoms with Gasteiger partial charge in [0.2, 0.25) is 10.0 Å². The molecule has 0 radical (unpaired) electrons. The Morgan fingerprint density at radius 1 is 0.906 bits per heavy atom. The van der Waals surface area contributed by atoms with Crippen molar-refractivity contribution in [3.8, 4) is 11.5 Å². The van der Waals surface area contributed by atoms with Crippen LogP contribution in [0.15, 0.2) is 78.9 Å². The first-order valence-corrected chi connectivity index (χ1v) is 12.0. The molecule has 0 unspecified atom stereocenters. The van der Waals surface area contributed by atoms with Crippen molar-refractivity contribution in [1.82, 2.24) is 0 Å². The fourth-order valence-electron chi connectivity index (χ4n) is 3.04. The number of para-hydroxylation sites is 2. The van der Waals surface area contributed by atoms with Crippen molar-refractivity contribution in [1.29, 1.82) is 0 Å². The molecule has 0 bridgehead atoms. The molecule has 0 atom stereocenters. The number of hydrogen-bond donors (Lipinski definition) is 1. The highest BCUT2D eigenvalue weighted by Gasteiger charge is 2.18. The topological polar surface area (TPSA) is 84.9 Å². The SMILES string of the molecule is CCOc1ccccc1NC(=O)COc1ccc(N(Cc2ccccc2)S(C)(=O)=O)cc1. The Hall–Kier alpha value is -3.52. The van der Waals surface area contributed by atoms with Gasteiger partial charge in [-0.1, -0.05) is 42.5 Å². The largest absolute Gasteiger partial charge is 0.492 e. The monoisotopic (exact) mass is 454 g/mol. The van der Waals surface area contributed by atoms with E-state index in [1.54, 1.807) is 42.5 Å². The van der Waals surface area contributed by atoms with Gasteiger partial charge in [0.25, 0.3) is 5.91 Å². The van der Waals surface area contributed by atoms with Crippen LogP contribution in [-0.2, 0) is 21.4 Å². The Labute approximate surface area is 188 Å². The second kappa shape index (κ2) is 10.7. The minimum atomic E-state index is -3.48. The van der Waals surface area contributed by atoms with E-state index in [0.717, 1.165) is 5.56 Å². The van der Waals surface area contributed by atoms with E-state index >= 15 is 0 Å². The summed E-state index contributed by atoms with van der Waals surface area (Å²) in [5.74, 6) is 0.713. The van der Waals surface area contributed by atoms with Crippen molar-refractivity contribution in [3.63, 3.8) is 0 Å². The molecule has 0 spiro atoms. The molecule has 3 rings (SSSR count). The van der Waals surface area contributed by atoms with Crippen LogP contribution in [0.4, 0.5) is 11.4 Å². The van der Waals surface area contributed by atoms with Crippen LogP contribution in [-0.4, -0.2) is 33.8 Å². The molecule has 0 heterocycles. The molecule has 168 valence electrons. The fraction of sp³-hybridized carbons (Fsp3) is 0.208. The van der Waals surface area contributed by atoms with Crippen molar-refractivity contribution >= 4 is 27.3 Å². The number of amides is 1. The third-order valence-corrected chi connectivity index (χ3v) is 5.67. The molecule has 0 aromatic heterocycles. The zero-order chi connectivity index (χ0) is 23.0. The Kier molecular flexibility index (Phi) is 7.72. The molecule has 0 saturated heterocycles. The number of nitrogens with zero attached hydrogens (tertiary/aromatic N) is 1. The summed E-state index contributed by atoms with van der Waals surface area (Å²) in [6.07, 6.45) is 1.17. The lowest BCUT2D eigenvalue weighted by Gasteiger charge is -2.22. The van der Waals surface area contributed by atoms with E-state index < -0.39 is 10.0 Å². The summed E-state index contributed by atoms with van der Waals surface area (Å²) in [7, 11) is -3.48. The minimum absolute atomic E-state index is 0.195. The molecular weight excluding hydrogens is 428 g/mol. The van der Waals surface area contributed by atoms with Gasteiger partial charge in [0.15, 0.2) is 6.61 Å².